The second-order valence-corrected chi connectivity index (χ2v) is 15.0. The highest BCUT2D eigenvalue weighted by Crippen LogP contribution is 2.31. The van der Waals surface area contributed by atoms with Crippen LogP contribution in [0, 0.1) is 0 Å². The van der Waals surface area contributed by atoms with Gasteiger partial charge >= 0.3 is 0 Å². The van der Waals surface area contributed by atoms with Crippen molar-refractivity contribution >= 4 is 32.9 Å². The maximum absolute atomic E-state index is 13.1. The standard InChI is InChI=1S/C33H45N7O3S/c1-23(2)44(41,42)30-8-6-5-7-27(30)36-33-32-28(11-14-34-32)35-31(37-33)21-24-9-10-26(22-29(24)43-4)39-15-12-25(13-16-39)40-19-17-38(3)18-20-40/h5-11,14,22-23,25,28,32,34H,12-13,15-21H2,1-4H3,(H,35,36,37). The molecule has 236 valence electrons. The van der Waals surface area contributed by atoms with Gasteiger partial charge in [0.15, 0.2) is 9.84 Å². The Morgan fingerprint density at radius 2 is 1.80 bits per heavy atom. The number of para-hydroxylation sites is 1. The van der Waals surface area contributed by atoms with Gasteiger partial charge in [-0.05, 0) is 64.2 Å². The fourth-order valence-electron chi connectivity index (χ4n) is 6.56. The third kappa shape index (κ3) is 6.36. The SMILES string of the molecule is COc1cc(N2CCC(N3CCN(C)CC3)CC2)ccc1CC1=NC2C=CNC2C(Nc2ccccc2S(=O)(=O)C(C)C)=N1. The van der Waals surface area contributed by atoms with Gasteiger partial charge in [0, 0.05) is 69.0 Å². The zero-order valence-corrected chi connectivity index (χ0v) is 27.1. The fraction of sp³-hybridized carbons (Fsp3) is 0.515. The highest BCUT2D eigenvalue weighted by molar-refractivity contribution is 7.92. The summed E-state index contributed by atoms with van der Waals surface area (Å²) in [5, 5.41) is 6.14. The number of nitrogens with zero attached hydrogens (tertiary/aromatic N) is 5. The quantitative estimate of drug-likeness (QED) is 0.464. The minimum atomic E-state index is -3.48. The third-order valence-corrected chi connectivity index (χ3v) is 11.5. The van der Waals surface area contributed by atoms with Gasteiger partial charge in [0.1, 0.15) is 23.5 Å². The molecule has 0 aromatic heterocycles. The van der Waals surface area contributed by atoms with E-state index >= 15 is 0 Å². The predicted octanol–water partition coefficient (Wildman–Crippen LogP) is 3.41. The fourth-order valence-corrected chi connectivity index (χ4v) is 7.76. The van der Waals surface area contributed by atoms with E-state index < -0.39 is 15.1 Å². The zero-order chi connectivity index (χ0) is 30.8. The normalized spacial score (nSPS) is 23.2. The number of piperidine rings is 1. The number of methoxy groups -OCH3 is 1. The van der Waals surface area contributed by atoms with Crippen molar-refractivity contribution in [3.63, 3.8) is 0 Å². The number of amidine groups is 2. The molecule has 2 atom stereocenters. The van der Waals surface area contributed by atoms with Crippen LogP contribution in [0.2, 0.25) is 0 Å². The first-order valence-electron chi connectivity index (χ1n) is 15.8. The maximum atomic E-state index is 13.1. The molecule has 2 saturated heterocycles. The summed E-state index contributed by atoms with van der Waals surface area (Å²) in [6.45, 7) is 10.1. The van der Waals surface area contributed by atoms with Crippen molar-refractivity contribution in [2.24, 2.45) is 9.98 Å². The van der Waals surface area contributed by atoms with E-state index in [-0.39, 0.29) is 17.0 Å². The van der Waals surface area contributed by atoms with Crippen molar-refractivity contribution in [2.75, 3.05) is 63.6 Å². The summed E-state index contributed by atoms with van der Waals surface area (Å²) >= 11 is 0. The summed E-state index contributed by atoms with van der Waals surface area (Å²) < 4.78 is 32.1. The van der Waals surface area contributed by atoms with E-state index in [4.69, 9.17) is 14.7 Å². The molecule has 44 heavy (non-hydrogen) atoms. The van der Waals surface area contributed by atoms with Crippen LogP contribution in [0.25, 0.3) is 0 Å². The highest BCUT2D eigenvalue weighted by atomic mass is 32.2. The molecule has 2 unspecified atom stereocenters. The van der Waals surface area contributed by atoms with Gasteiger partial charge in [-0.15, -0.1) is 0 Å². The lowest BCUT2D eigenvalue weighted by atomic mass is 10.0. The molecule has 0 saturated carbocycles. The van der Waals surface area contributed by atoms with Crippen molar-refractivity contribution in [3.8, 4) is 5.75 Å². The third-order valence-electron chi connectivity index (χ3n) is 9.33. The Morgan fingerprint density at radius 3 is 2.52 bits per heavy atom. The van der Waals surface area contributed by atoms with E-state index in [9.17, 15) is 8.42 Å². The number of hydrogen-bond acceptors (Lipinski definition) is 10. The van der Waals surface area contributed by atoms with Crippen molar-refractivity contribution in [1.29, 1.82) is 0 Å². The van der Waals surface area contributed by atoms with Crippen LogP contribution in [0.5, 0.6) is 5.75 Å². The number of likely N-dealkylation sites (N-methyl/N-ethyl adjacent to an activating group) is 1. The molecule has 2 aromatic carbocycles. The van der Waals surface area contributed by atoms with Crippen LogP contribution in [0.3, 0.4) is 0 Å². The molecule has 4 aliphatic heterocycles. The number of fused-ring (bicyclic) bond motifs is 1. The highest BCUT2D eigenvalue weighted by Gasteiger charge is 2.33. The Hall–Kier alpha value is -3.41. The van der Waals surface area contributed by atoms with Gasteiger partial charge in [0.2, 0.25) is 0 Å². The van der Waals surface area contributed by atoms with Crippen LogP contribution in [-0.4, -0.2) is 107 Å². The van der Waals surface area contributed by atoms with E-state index in [0.717, 1.165) is 37.5 Å². The molecule has 4 heterocycles. The molecular formula is C33H45N7O3S. The van der Waals surface area contributed by atoms with E-state index in [0.29, 0.717) is 29.8 Å². The number of piperazine rings is 1. The minimum absolute atomic E-state index is 0.134. The number of anilines is 2. The molecule has 0 amide bonds. The van der Waals surface area contributed by atoms with Crippen LogP contribution in [0.1, 0.15) is 32.3 Å². The molecule has 10 nitrogen and oxygen atoms in total. The predicted molar refractivity (Wildman–Crippen MR) is 178 cm³/mol. The van der Waals surface area contributed by atoms with Gasteiger partial charge in [0.05, 0.1) is 29.0 Å². The Kier molecular flexibility index (Phi) is 8.98. The summed E-state index contributed by atoms with van der Waals surface area (Å²) in [6.07, 6.45) is 6.77. The summed E-state index contributed by atoms with van der Waals surface area (Å²) in [5.41, 5.74) is 2.72. The van der Waals surface area contributed by atoms with Crippen LogP contribution in [-0.2, 0) is 16.3 Å². The maximum Gasteiger partial charge on any atom is 0.182 e. The Morgan fingerprint density at radius 1 is 1.05 bits per heavy atom. The summed E-state index contributed by atoms with van der Waals surface area (Å²) in [5.74, 6) is 2.15. The van der Waals surface area contributed by atoms with Crippen LogP contribution in [0.4, 0.5) is 11.4 Å². The molecule has 4 aliphatic rings. The van der Waals surface area contributed by atoms with Crippen molar-refractivity contribution < 1.29 is 13.2 Å². The molecule has 0 aliphatic carbocycles. The molecule has 0 spiro atoms. The van der Waals surface area contributed by atoms with Gasteiger partial charge < -0.3 is 25.2 Å². The average molecular weight is 620 g/mol. The van der Waals surface area contributed by atoms with Crippen molar-refractivity contribution in [2.45, 2.75) is 61.4 Å². The topological polar surface area (TPSA) is 102 Å². The molecule has 11 heteroatoms. The summed E-state index contributed by atoms with van der Waals surface area (Å²) in [4.78, 5) is 17.7. The number of nitrogens with one attached hydrogen (secondary N) is 2. The van der Waals surface area contributed by atoms with E-state index in [1.165, 1.54) is 31.6 Å². The zero-order valence-electron chi connectivity index (χ0n) is 26.2. The van der Waals surface area contributed by atoms with E-state index in [1.54, 1.807) is 39.2 Å². The molecule has 2 fully saturated rings. The van der Waals surface area contributed by atoms with Gasteiger partial charge in [-0.2, -0.15) is 0 Å². The number of sulfone groups is 1. The first-order valence-corrected chi connectivity index (χ1v) is 17.3. The van der Waals surface area contributed by atoms with Gasteiger partial charge in [-0.3, -0.25) is 9.89 Å². The lowest BCUT2D eigenvalue weighted by Crippen LogP contribution is -2.52. The second-order valence-electron chi connectivity index (χ2n) is 12.5. The lowest BCUT2D eigenvalue weighted by molar-refractivity contribution is 0.0982. The van der Waals surface area contributed by atoms with Crippen LogP contribution >= 0.6 is 0 Å². The number of rotatable bonds is 8. The van der Waals surface area contributed by atoms with Crippen LogP contribution in [0.15, 0.2) is 69.6 Å². The number of benzene rings is 2. The van der Waals surface area contributed by atoms with Gasteiger partial charge in [-0.25, -0.2) is 13.4 Å². The minimum Gasteiger partial charge on any atom is -0.496 e. The molecule has 6 rings (SSSR count). The summed E-state index contributed by atoms with van der Waals surface area (Å²) in [6, 6.07) is 13.8. The molecule has 0 radical (unpaired) electrons. The first-order chi connectivity index (χ1) is 21.2. The number of ether oxygens (including phenoxy) is 1. The average Bonchev–Trinajstić information content (AvgIpc) is 3.51. The monoisotopic (exact) mass is 619 g/mol. The lowest BCUT2D eigenvalue weighted by Gasteiger charge is -2.42. The van der Waals surface area contributed by atoms with E-state index in [1.807, 2.05) is 18.3 Å². The summed E-state index contributed by atoms with van der Waals surface area (Å²) in [7, 11) is 0.441. The molecule has 2 N–H and O–H groups in total. The second kappa shape index (κ2) is 12.9. The Bertz CT molecular complexity index is 1540. The van der Waals surface area contributed by atoms with Crippen molar-refractivity contribution in [1.82, 2.24) is 15.1 Å². The Balaban J connectivity index is 1.17. The largest absolute Gasteiger partial charge is 0.496 e. The number of hydrogen-bond donors (Lipinski definition) is 2. The smallest absolute Gasteiger partial charge is 0.182 e. The van der Waals surface area contributed by atoms with Gasteiger partial charge in [-0.1, -0.05) is 18.2 Å². The van der Waals surface area contributed by atoms with Crippen LogP contribution < -0.4 is 20.3 Å². The molecule has 2 aromatic rings. The molecular weight excluding hydrogens is 574 g/mol. The Labute approximate surface area is 261 Å². The molecule has 0 bridgehead atoms. The van der Waals surface area contributed by atoms with Crippen molar-refractivity contribution in [3.05, 3.63) is 60.3 Å². The van der Waals surface area contributed by atoms with E-state index in [2.05, 4.69) is 50.6 Å². The first kappa shape index (κ1) is 30.6. The van der Waals surface area contributed by atoms with Gasteiger partial charge in [0.25, 0.3) is 0 Å². The number of aliphatic imine (C=N–C) groups is 2.